The van der Waals surface area contributed by atoms with Crippen LogP contribution in [0.5, 0.6) is 0 Å². The lowest BCUT2D eigenvalue weighted by Gasteiger charge is -2.34. The van der Waals surface area contributed by atoms with Crippen molar-refractivity contribution < 1.29 is 9.90 Å². The van der Waals surface area contributed by atoms with Crippen LogP contribution in [-0.4, -0.2) is 47.2 Å². The summed E-state index contributed by atoms with van der Waals surface area (Å²) in [6.45, 7) is 7.26. The van der Waals surface area contributed by atoms with E-state index in [1.54, 1.807) is 0 Å². The van der Waals surface area contributed by atoms with E-state index in [0.717, 1.165) is 44.8 Å². The Morgan fingerprint density at radius 3 is 2.62 bits per heavy atom. The molecular weight excluding hydrogens is 264 g/mol. The highest BCUT2D eigenvalue weighted by Gasteiger charge is 2.48. The molecule has 2 aliphatic rings. The van der Waals surface area contributed by atoms with Crippen molar-refractivity contribution in [2.45, 2.75) is 76.8 Å². The first-order valence-electron chi connectivity index (χ1n) is 8.86. The Balaban J connectivity index is 1.91. The van der Waals surface area contributed by atoms with Crippen molar-refractivity contribution in [1.82, 2.24) is 10.2 Å². The van der Waals surface area contributed by atoms with Crippen molar-refractivity contribution in [2.75, 3.05) is 19.6 Å². The number of rotatable bonds is 10. The first-order valence-corrected chi connectivity index (χ1v) is 8.86. The first-order chi connectivity index (χ1) is 10.1. The molecule has 0 aromatic rings. The minimum absolute atomic E-state index is 0.290. The minimum atomic E-state index is -0.658. The van der Waals surface area contributed by atoms with E-state index in [-0.39, 0.29) is 5.92 Å². The molecule has 4 nitrogen and oxygen atoms in total. The summed E-state index contributed by atoms with van der Waals surface area (Å²) in [5, 5.41) is 13.0. The molecule has 0 saturated heterocycles. The predicted molar refractivity (Wildman–Crippen MR) is 85.5 cm³/mol. The molecule has 2 aliphatic carbocycles. The van der Waals surface area contributed by atoms with Gasteiger partial charge >= 0.3 is 5.97 Å². The molecule has 0 aromatic heterocycles. The molecule has 2 saturated carbocycles. The van der Waals surface area contributed by atoms with Crippen LogP contribution in [0.25, 0.3) is 0 Å². The largest absolute Gasteiger partial charge is 0.480 e. The smallest absolute Gasteiger partial charge is 0.324 e. The average molecular weight is 296 g/mol. The number of hydrogen-bond acceptors (Lipinski definition) is 3. The lowest BCUT2D eigenvalue weighted by Crippen LogP contribution is -2.55. The molecule has 21 heavy (non-hydrogen) atoms. The molecule has 0 radical (unpaired) electrons. The second-order valence-electron chi connectivity index (χ2n) is 6.81. The second kappa shape index (κ2) is 7.59. The summed E-state index contributed by atoms with van der Waals surface area (Å²) in [5.41, 5.74) is -0.658. The van der Waals surface area contributed by atoms with E-state index in [2.05, 4.69) is 17.1 Å². The van der Waals surface area contributed by atoms with Gasteiger partial charge in [-0.1, -0.05) is 26.7 Å². The Bertz CT molecular complexity index is 344. The SMILES string of the molecule is CCCCN(CCC1CCCC1(NCC)C(=O)O)C1CC1. The molecule has 2 N–H and O–H groups in total. The number of likely N-dealkylation sites (N-methyl/N-ethyl adjacent to an activating group) is 1. The summed E-state index contributed by atoms with van der Waals surface area (Å²) in [6.07, 6.45) is 9.10. The van der Waals surface area contributed by atoms with Gasteiger partial charge in [-0.25, -0.2) is 0 Å². The Labute approximate surface area is 129 Å². The molecule has 2 rings (SSSR count). The summed E-state index contributed by atoms with van der Waals surface area (Å²) in [7, 11) is 0. The number of nitrogens with zero attached hydrogens (tertiary/aromatic N) is 1. The van der Waals surface area contributed by atoms with E-state index in [1.807, 2.05) is 6.92 Å². The van der Waals surface area contributed by atoms with Crippen molar-refractivity contribution in [1.29, 1.82) is 0 Å². The van der Waals surface area contributed by atoms with Gasteiger partial charge < -0.3 is 15.3 Å². The summed E-state index contributed by atoms with van der Waals surface area (Å²) in [4.78, 5) is 14.4. The van der Waals surface area contributed by atoms with E-state index in [1.165, 1.54) is 32.2 Å². The van der Waals surface area contributed by atoms with Gasteiger partial charge in [0.2, 0.25) is 0 Å². The molecule has 0 spiro atoms. The fraction of sp³-hybridized carbons (Fsp3) is 0.941. The number of unbranched alkanes of at least 4 members (excludes halogenated alkanes) is 1. The molecule has 0 heterocycles. The lowest BCUT2D eigenvalue weighted by molar-refractivity contribution is -0.146. The Hall–Kier alpha value is -0.610. The van der Waals surface area contributed by atoms with E-state index < -0.39 is 11.5 Å². The number of carboxylic acids is 1. The molecule has 2 unspecified atom stereocenters. The zero-order chi connectivity index (χ0) is 15.3. The lowest BCUT2D eigenvalue weighted by atomic mass is 9.84. The van der Waals surface area contributed by atoms with Gasteiger partial charge in [0.1, 0.15) is 5.54 Å². The van der Waals surface area contributed by atoms with Crippen molar-refractivity contribution >= 4 is 5.97 Å². The van der Waals surface area contributed by atoms with Crippen LogP contribution in [-0.2, 0) is 4.79 Å². The summed E-state index contributed by atoms with van der Waals surface area (Å²) < 4.78 is 0. The average Bonchev–Trinajstić information content (AvgIpc) is 3.21. The highest BCUT2D eigenvalue weighted by molar-refractivity contribution is 5.79. The van der Waals surface area contributed by atoms with Crippen molar-refractivity contribution in [3.8, 4) is 0 Å². The summed E-state index contributed by atoms with van der Waals surface area (Å²) in [6, 6.07) is 0.788. The van der Waals surface area contributed by atoms with Crippen LogP contribution in [0.15, 0.2) is 0 Å². The van der Waals surface area contributed by atoms with Crippen LogP contribution < -0.4 is 5.32 Å². The number of nitrogens with one attached hydrogen (secondary N) is 1. The molecule has 0 amide bonds. The normalized spacial score (nSPS) is 29.2. The Morgan fingerprint density at radius 2 is 2.05 bits per heavy atom. The Morgan fingerprint density at radius 1 is 1.29 bits per heavy atom. The molecule has 0 aromatic carbocycles. The fourth-order valence-corrected chi connectivity index (χ4v) is 3.97. The van der Waals surface area contributed by atoms with Gasteiger partial charge in [-0.15, -0.1) is 0 Å². The predicted octanol–water partition coefficient (Wildman–Crippen LogP) is 2.87. The molecule has 4 heteroatoms. The van der Waals surface area contributed by atoms with Gasteiger partial charge in [-0.05, 0) is 64.1 Å². The van der Waals surface area contributed by atoms with E-state index >= 15 is 0 Å². The summed E-state index contributed by atoms with van der Waals surface area (Å²) >= 11 is 0. The van der Waals surface area contributed by atoms with Crippen LogP contribution in [0, 0.1) is 5.92 Å². The van der Waals surface area contributed by atoms with Gasteiger partial charge in [0.05, 0.1) is 0 Å². The number of carboxylic acid groups (broad SMARTS) is 1. The molecule has 2 atom stereocenters. The monoisotopic (exact) mass is 296 g/mol. The standard InChI is InChI=1S/C17H32N2O2/c1-3-5-12-19(15-8-9-15)13-10-14-7-6-11-17(14,16(20)21)18-4-2/h14-15,18H,3-13H2,1-2H3,(H,20,21). The van der Waals surface area contributed by atoms with Crippen LogP contribution in [0.1, 0.15) is 65.2 Å². The van der Waals surface area contributed by atoms with Gasteiger partial charge in [-0.2, -0.15) is 0 Å². The fourth-order valence-electron chi connectivity index (χ4n) is 3.97. The maximum atomic E-state index is 11.8. The number of hydrogen-bond donors (Lipinski definition) is 2. The third-order valence-corrected chi connectivity index (χ3v) is 5.32. The zero-order valence-electron chi connectivity index (χ0n) is 13.7. The highest BCUT2D eigenvalue weighted by atomic mass is 16.4. The topological polar surface area (TPSA) is 52.6 Å². The third kappa shape index (κ3) is 3.98. The van der Waals surface area contributed by atoms with Crippen molar-refractivity contribution in [3.05, 3.63) is 0 Å². The minimum Gasteiger partial charge on any atom is -0.480 e. The number of carbonyl (C=O) groups is 1. The molecule has 0 bridgehead atoms. The van der Waals surface area contributed by atoms with Gasteiger partial charge in [0.15, 0.2) is 0 Å². The molecular formula is C17H32N2O2. The van der Waals surface area contributed by atoms with E-state index in [0.29, 0.717) is 0 Å². The van der Waals surface area contributed by atoms with Crippen molar-refractivity contribution in [2.24, 2.45) is 5.92 Å². The van der Waals surface area contributed by atoms with Gasteiger partial charge in [0.25, 0.3) is 0 Å². The van der Waals surface area contributed by atoms with E-state index in [9.17, 15) is 9.90 Å². The van der Waals surface area contributed by atoms with Crippen LogP contribution in [0.4, 0.5) is 0 Å². The Kier molecular flexibility index (Phi) is 6.06. The quantitative estimate of drug-likeness (QED) is 0.651. The summed E-state index contributed by atoms with van der Waals surface area (Å²) in [5.74, 6) is -0.351. The highest BCUT2D eigenvalue weighted by Crippen LogP contribution is 2.39. The van der Waals surface area contributed by atoms with Gasteiger partial charge in [0, 0.05) is 6.04 Å². The first kappa shape index (κ1) is 16.8. The van der Waals surface area contributed by atoms with E-state index in [4.69, 9.17) is 0 Å². The van der Waals surface area contributed by atoms with Crippen molar-refractivity contribution in [3.63, 3.8) is 0 Å². The molecule has 2 fully saturated rings. The van der Waals surface area contributed by atoms with Gasteiger partial charge in [-0.3, -0.25) is 4.79 Å². The van der Waals surface area contributed by atoms with Crippen LogP contribution in [0.3, 0.4) is 0 Å². The molecule has 0 aliphatic heterocycles. The second-order valence-corrected chi connectivity index (χ2v) is 6.81. The molecule has 122 valence electrons. The van der Waals surface area contributed by atoms with Crippen LogP contribution >= 0.6 is 0 Å². The maximum absolute atomic E-state index is 11.8. The third-order valence-electron chi connectivity index (χ3n) is 5.32. The van der Waals surface area contributed by atoms with Crippen LogP contribution in [0.2, 0.25) is 0 Å². The zero-order valence-corrected chi connectivity index (χ0v) is 13.7. The maximum Gasteiger partial charge on any atom is 0.324 e. The number of aliphatic carboxylic acids is 1.